The average molecular weight is 423 g/mol. The van der Waals surface area contributed by atoms with Crippen LogP contribution in [0.15, 0.2) is 29.4 Å². The monoisotopic (exact) mass is 423 g/mol. The van der Waals surface area contributed by atoms with Crippen molar-refractivity contribution in [2.75, 3.05) is 20.0 Å². The molecule has 0 unspecified atom stereocenters. The van der Waals surface area contributed by atoms with E-state index < -0.39 is 0 Å². The molecule has 1 aromatic heterocycles. The van der Waals surface area contributed by atoms with Crippen molar-refractivity contribution in [2.45, 2.75) is 5.16 Å². The zero-order valence-corrected chi connectivity index (χ0v) is 12.9. The molecule has 2 rings (SSSR count). The maximum atomic E-state index is 4.85. The molecular formula is C10H15AuN2PS+. The Morgan fingerprint density at radius 1 is 1.20 bits per heavy atom. The van der Waals surface area contributed by atoms with Crippen molar-refractivity contribution in [3.63, 3.8) is 0 Å². The van der Waals surface area contributed by atoms with Gasteiger partial charge >= 0.3 is 22.4 Å². The molecule has 0 radical (unpaired) electrons. The first-order valence-electron chi connectivity index (χ1n) is 4.48. The Balaban J connectivity index is 0.000000346. The molecule has 15 heavy (non-hydrogen) atoms. The molecule has 0 fully saturated rings. The molecule has 0 aliphatic heterocycles. The third-order valence-electron chi connectivity index (χ3n) is 1.37. The van der Waals surface area contributed by atoms with Crippen molar-refractivity contribution in [1.82, 2.24) is 9.97 Å². The summed E-state index contributed by atoms with van der Waals surface area (Å²) < 4.78 is 0. The number of rotatable bonds is 0. The van der Waals surface area contributed by atoms with Crippen LogP contribution in [-0.2, 0) is 35.0 Å². The van der Waals surface area contributed by atoms with Crippen LogP contribution in [0.5, 0.6) is 0 Å². The van der Waals surface area contributed by atoms with E-state index in [0.29, 0.717) is 5.16 Å². The first kappa shape index (κ1) is 15.1. The number of hydrogen-bond donors (Lipinski definition) is 1. The first-order valence-corrected chi connectivity index (χ1v) is 7.89. The Kier molecular flexibility index (Phi) is 7.41. The third kappa shape index (κ3) is 5.64. The van der Waals surface area contributed by atoms with Crippen LogP contribution in [0.25, 0.3) is 11.0 Å². The molecule has 0 aliphatic carbocycles. The number of fused-ring (bicyclic) bond motifs is 1. The summed E-state index contributed by atoms with van der Waals surface area (Å²) in [5, 5.41) is 0.557. The Bertz CT molecular complexity index is 367. The summed E-state index contributed by atoms with van der Waals surface area (Å²) in [5.41, 5.74) is 1.94. The van der Waals surface area contributed by atoms with Gasteiger partial charge in [-0.1, -0.05) is 12.1 Å². The Morgan fingerprint density at radius 3 is 2.27 bits per heavy atom. The maximum Gasteiger partial charge on any atom is 1.00 e. The number of nitrogens with zero attached hydrogens (tertiary/aromatic N) is 1. The van der Waals surface area contributed by atoms with E-state index >= 15 is 0 Å². The fraction of sp³-hybridized carbons (Fsp3) is 0.300. The molecule has 0 aliphatic rings. The molecule has 0 saturated carbocycles. The van der Waals surface area contributed by atoms with Gasteiger partial charge in [-0.05, 0) is 25.2 Å². The molecule has 0 amide bonds. The Morgan fingerprint density at radius 2 is 1.73 bits per heavy atom. The predicted octanol–water partition coefficient (Wildman–Crippen LogP) is 2.56. The molecule has 0 atom stereocenters. The smallest absolute Gasteiger partial charge is 0.742 e. The van der Waals surface area contributed by atoms with Crippen LogP contribution in [0, 0.1) is 0 Å². The van der Waals surface area contributed by atoms with Crippen LogP contribution >= 0.6 is 7.92 Å². The van der Waals surface area contributed by atoms with Gasteiger partial charge in [0.25, 0.3) is 0 Å². The van der Waals surface area contributed by atoms with E-state index in [1.54, 1.807) is 0 Å². The van der Waals surface area contributed by atoms with Crippen LogP contribution in [0.1, 0.15) is 0 Å². The molecule has 1 N–H and O–H groups in total. The second kappa shape index (κ2) is 7.37. The van der Waals surface area contributed by atoms with Crippen molar-refractivity contribution in [1.29, 1.82) is 0 Å². The fourth-order valence-corrected chi connectivity index (χ4v) is 1.14. The van der Waals surface area contributed by atoms with E-state index in [-0.39, 0.29) is 30.3 Å². The topological polar surface area (TPSA) is 28.7 Å². The molecule has 0 saturated heterocycles. The summed E-state index contributed by atoms with van der Waals surface area (Å²) in [6.45, 7) is 6.81. The Labute approximate surface area is 113 Å². The van der Waals surface area contributed by atoms with Crippen molar-refractivity contribution in [2.24, 2.45) is 0 Å². The summed E-state index contributed by atoms with van der Waals surface area (Å²) in [4.78, 5) is 7.03. The molecule has 1 aromatic carbocycles. The zero-order valence-electron chi connectivity index (χ0n) is 8.97. The molecule has 2 nitrogen and oxygen atoms in total. The van der Waals surface area contributed by atoms with Crippen LogP contribution in [0.4, 0.5) is 0 Å². The SMILES string of the molecule is C[PH+](C)C.[Au+].[S-]c1nc2ccccc2[nH]1. The number of para-hydroxylation sites is 2. The van der Waals surface area contributed by atoms with Gasteiger partial charge in [0.05, 0.1) is 11.0 Å². The van der Waals surface area contributed by atoms with E-state index in [2.05, 4.69) is 30.0 Å². The summed E-state index contributed by atoms with van der Waals surface area (Å²) in [6.07, 6.45) is 0. The van der Waals surface area contributed by atoms with Gasteiger partial charge in [0, 0.05) is 20.0 Å². The maximum absolute atomic E-state index is 4.85. The van der Waals surface area contributed by atoms with E-state index in [9.17, 15) is 0 Å². The van der Waals surface area contributed by atoms with Crippen LogP contribution < -0.4 is 0 Å². The van der Waals surface area contributed by atoms with E-state index in [0.717, 1.165) is 11.0 Å². The molecule has 2 aromatic rings. The minimum Gasteiger partial charge on any atom is -0.742 e. The summed E-state index contributed by atoms with van der Waals surface area (Å²) >= 11 is 4.85. The number of imidazole rings is 1. The molecular weight excluding hydrogens is 408 g/mol. The van der Waals surface area contributed by atoms with Crippen molar-refractivity contribution in [3.05, 3.63) is 24.3 Å². The fourth-order valence-electron chi connectivity index (χ4n) is 0.929. The molecule has 0 bridgehead atoms. The summed E-state index contributed by atoms with van der Waals surface area (Å²) in [7, 11) is 0.120. The number of benzene rings is 1. The minimum absolute atomic E-state index is 0. The number of nitrogens with one attached hydrogen (secondary N) is 1. The van der Waals surface area contributed by atoms with Gasteiger partial charge in [-0.2, -0.15) is 0 Å². The second-order valence-corrected chi connectivity index (χ2v) is 6.95. The molecule has 0 spiro atoms. The molecule has 1 heterocycles. The van der Waals surface area contributed by atoms with Gasteiger partial charge in [0.2, 0.25) is 0 Å². The number of aromatic nitrogens is 2. The summed E-state index contributed by atoms with van der Waals surface area (Å²) in [5.74, 6) is 0. The Hall–Kier alpha value is 0.0803. The van der Waals surface area contributed by atoms with Gasteiger partial charge < -0.3 is 17.6 Å². The van der Waals surface area contributed by atoms with Crippen molar-refractivity contribution >= 4 is 31.6 Å². The average Bonchev–Trinajstić information content (AvgIpc) is 2.42. The minimum atomic E-state index is 0. The van der Waals surface area contributed by atoms with E-state index in [1.165, 1.54) is 0 Å². The molecule has 86 valence electrons. The van der Waals surface area contributed by atoms with Crippen LogP contribution in [0.3, 0.4) is 0 Å². The number of hydrogen-bond acceptors (Lipinski definition) is 2. The number of H-pyrrole nitrogens is 1. The van der Waals surface area contributed by atoms with Gasteiger partial charge in [-0.15, -0.1) is 0 Å². The summed E-state index contributed by atoms with van der Waals surface area (Å²) in [6, 6.07) is 7.78. The van der Waals surface area contributed by atoms with Gasteiger partial charge in [0.15, 0.2) is 0 Å². The van der Waals surface area contributed by atoms with Crippen molar-refractivity contribution < 1.29 is 22.4 Å². The third-order valence-corrected chi connectivity index (χ3v) is 1.56. The number of aromatic amines is 1. The van der Waals surface area contributed by atoms with Gasteiger partial charge in [-0.25, -0.2) is 0 Å². The predicted molar refractivity (Wildman–Crippen MR) is 67.8 cm³/mol. The van der Waals surface area contributed by atoms with Gasteiger partial charge in [0.1, 0.15) is 0 Å². The van der Waals surface area contributed by atoms with Gasteiger partial charge in [-0.3, -0.25) is 4.98 Å². The zero-order chi connectivity index (χ0) is 10.6. The normalized spacial score (nSPS) is 9.33. The van der Waals surface area contributed by atoms with E-state index in [1.807, 2.05) is 24.3 Å². The van der Waals surface area contributed by atoms with Crippen LogP contribution in [0.2, 0.25) is 0 Å². The largest absolute Gasteiger partial charge is 1.00 e. The van der Waals surface area contributed by atoms with Crippen LogP contribution in [-0.4, -0.2) is 30.0 Å². The van der Waals surface area contributed by atoms with E-state index in [4.69, 9.17) is 12.6 Å². The second-order valence-electron chi connectivity index (χ2n) is 3.56. The quantitative estimate of drug-likeness (QED) is 0.401. The first-order chi connectivity index (χ1) is 6.59. The molecule has 5 heteroatoms. The van der Waals surface area contributed by atoms with Crippen molar-refractivity contribution in [3.8, 4) is 0 Å². The standard InChI is InChI=1S/C7H6N2S.C3H9P.Au/c10-7-8-5-3-1-2-4-6(5)9-7;1-4(2)3;/h1-4H,(H2,8,9,10);1-3H3;/q;;+1.